The summed E-state index contributed by atoms with van der Waals surface area (Å²) in [6.07, 6.45) is 9.59. The van der Waals surface area contributed by atoms with Crippen LogP contribution in [0.25, 0.3) is 0 Å². The van der Waals surface area contributed by atoms with E-state index in [0.29, 0.717) is 5.75 Å². The third-order valence-corrected chi connectivity index (χ3v) is 3.97. The van der Waals surface area contributed by atoms with Gasteiger partial charge in [-0.25, -0.2) is 0 Å². The molecule has 0 bridgehead atoms. The first-order valence-corrected chi connectivity index (χ1v) is 8.79. The molecule has 0 saturated carbocycles. The highest BCUT2D eigenvalue weighted by molar-refractivity contribution is 6.30. The van der Waals surface area contributed by atoms with Crippen molar-refractivity contribution in [2.75, 3.05) is 0 Å². The fourth-order valence-electron chi connectivity index (χ4n) is 2.45. The van der Waals surface area contributed by atoms with Gasteiger partial charge in [0.2, 0.25) is 0 Å². The molecule has 0 aliphatic heterocycles. The first kappa shape index (κ1) is 17.7. The number of para-hydroxylation sites is 1. The Labute approximate surface area is 143 Å². The normalized spacial score (nSPS) is 10.7. The van der Waals surface area contributed by atoms with Crippen molar-refractivity contribution >= 4 is 11.6 Å². The number of nitrogens with zero attached hydrogens (tertiary/aromatic N) is 3. The zero-order chi connectivity index (χ0) is 16.3. The highest BCUT2D eigenvalue weighted by Crippen LogP contribution is 2.30. The van der Waals surface area contributed by atoms with Crippen LogP contribution in [0.5, 0.6) is 11.5 Å². The predicted molar refractivity (Wildman–Crippen MR) is 93.1 cm³/mol. The van der Waals surface area contributed by atoms with Crippen LogP contribution in [-0.4, -0.2) is 15.4 Å². The van der Waals surface area contributed by atoms with Crippen molar-refractivity contribution in [2.45, 2.75) is 58.3 Å². The van der Waals surface area contributed by atoms with Crippen molar-refractivity contribution in [2.24, 2.45) is 0 Å². The molecule has 23 heavy (non-hydrogen) atoms. The van der Waals surface area contributed by atoms with Gasteiger partial charge in [0.15, 0.2) is 10.9 Å². The second kappa shape index (κ2) is 10.2. The highest BCUT2D eigenvalue weighted by atomic mass is 35.5. The maximum absolute atomic E-state index is 6.14. The summed E-state index contributed by atoms with van der Waals surface area (Å²) >= 11 is 6.14. The Hall–Kier alpha value is -1.68. The van der Waals surface area contributed by atoms with Gasteiger partial charge in [-0.3, -0.25) is 0 Å². The van der Waals surface area contributed by atoms with E-state index < -0.39 is 0 Å². The van der Waals surface area contributed by atoms with E-state index in [4.69, 9.17) is 16.3 Å². The Bertz CT molecular complexity index is 578. The molecule has 1 aromatic carbocycles. The van der Waals surface area contributed by atoms with Crippen molar-refractivity contribution in [1.82, 2.24) is 15.4 Å². The summed E-state index contributed by atoms with van der Waals surface area (Å²) in [5.74, 6) is 1.25. The van der Waals surface area contributed by atoms with Crippen molar-refractivity contribution < 1.29 is 4.74 Å². The van der Waals surface area contributed by atoms with Crippen molar-refractivity contribution in [1.29, 1.82) is 0 Å². The van der Waals surface area contributed by atoms with Gasteiger partial charge in [0.1, 0.15) is 11.4 Å². The van der Waals surface area contributed by atoms with Gasteiger partial charge < -0.3 is 4.74 Å². The van der Waals surface area contributed by atoms with Crippen LogP contribution in [-0.2, 0) is 6.42 Å². The molecule has 0 saturated heterocycles. The highest BCUT2D eigenvalue weighted by Gasteiger charge is 2.13. The molecule has 0 N–H and O–H groups in total. The maximum Gasteiger partial charge on any atom is 0.198 e. The number of hydrogen-bond donors (Lipinski definition) is 0. The molecule has 0 aliphatic carbocycles. The molecule has 0 atom stereocenters. The first-order chi connectivity index (χ1) is 11.3. The van der Waals surface area contributed by atoms with Crippen LogP contribution in [0.4, 0.5) is 0 Å². The Kier molecular flexibility index (Phi) is 7.81. The minimum absolute atomic E-state index is 0.266. The molecular formula is C18H24ClN3O. The van der Waals surface area contributed by atoms with Gasteiger partial charge in [-0.15, -0.1) is 10.2 Å². The van der Waals surface area contributed by atoms with E-state index in [-0.39, 0.29) is 5.15 Å². The van der Waals surface area contributed by atoms with Crippen LogP contribution in [0.2, 0.25) is 5.15 Å². The van der Waals surface area contributed by atoms with Gasteiger partial charge in [-0.1, -0.05) is 75.2 Å². The topological polar surface area (TPSA) is 47.9 Å². The summed E-state index contributed by atoms with van der Waals surface area (Å²) in [6, 6.07) is 9.54. The lowest BCUT2D eigenvalue weighted by atomic mass is 10.1. The standard InChI is InChI=1S/C18H24ClN3O/c1-2-3-4-5-6-7-11-14-16-17(18(19)21-22-20-16)23-15-12-9-8-10-13-15/h8-10,12-13H,2-7,11,14H2,1H3. The summed E-state index contributed by atoms with van der Waals surface area (Å²) in [4.78, 5) is 0. The molecule has 0 radical (unpaired) electrons. The fraction of sp³-hybridized carbons (Fsp3) is 0.500. The maximum atomic E-state index is 6.14. The van der Waals surface area contributed by atoms with Crippen molar-refractivity contribution in [3.05, 3.63) is 41.2 Å². The van der Waals surface area contributed by atoms with Gasteiger partial charge in [-0.2, -0.15) is 0 Å². The van der Waals surface area contributed by atoms with E-state index in [2.05, 4.69) is 22.3 Å². The zero-order valence-electron chi connectivity index (χ0n) is 13.7. The lowest BCUT2D eigenvalue weighted by Gasteiger charge is -2.10. The number of aromatic nitrogens is 3. The van der Waals surface area contributed by atoms with Crippen LogP contribution in [0, 0.1) is 0 Å². The largest absolute Gasteiger partial charge is 0.452 e. The molecule has 2 aromatic rings. The second-order valence-corrected chi connectivity index (χ2v) is 6.00. The van der Waals surface area contributed by atoms with Gasteiger partial charge in [-0.05, 0) is 30.2 Å². The number of hydrogen-bond acceptors (Lipinski definition) is 4. The first-order valence-electron chi connectivity index (χ1n) is 8.42. The van der Waals surface area contributed by atoms with Gasteiger partial charge >= 0.3 is 0 Å². The number of aryl methyl sites for hydroxylation is 1. The third kappa shape index (κ3) is 6.14. The number of rotatable bonds is 10. The van der Waals surface area contributed by atoms with E-state index in [1.165, 1.54) is 38.5 Å². The van der Waals surface area contributed by atoms with Crippen LogP contribution in [0.1, 0.15) is 57.6 Å². The third-order valence-electron chi connectivity index (χ3n) is 3.73. The second-order valence-electron chi connectivity index (χ2n) is 5.64. The molecule has 4 nitrogen and oxygen atoms in total. The quantitative estimate of drug-likeness (QED) is 0.530. The van der Waals surface area contributed by atoms with Gasteiger partial charge in [0.05, 0.1) is 0 Å². The van der Waals surface area contributed by atoms with Crippen LogP contribution >= 0.6 is 11.6 Å². The van der Waals surface area contributed by atoms with Crippen LogP contribution in [0.3, 0.4) is 0 Å². The molecule has 1 aromatic heterocycles. The van der Waals surface area contributed by atoms with Crippen molar-refractivity contribution in [3.8, 4) is 11.5 Å². The summed E-state index contributed by atoms with van der Waals surface area (Å²) in [5.41, 5.74) is 0.780. The minimum Gasteiger partial charge on any atom is -0.452 e. The molecule has 0 fully saturated rings. The molecule has 124 valence electrons. The SMILES string of the molecule is CCCCCCCCCc1nnnc(Cl)c1Oc1ccccc1. The Morgan fingerprint density at radius 3 is 2.35 bits per heavy atom. The molecule has 0 amide bonds. The van der Waals surface area contributed by atoms with Crippen LogP contribution in [0.15, 0.2) is 30.3 Å². The van der Waals surface area contributed by atoms with Gasteiger partial charge in [0, 0.05) is 0 Å². The number of benzene rings is 1. The van der Waals surface area contributed by atoms with E-state index >= 15 is 0 Å². The zero-order valence-corrected chi connectivity index (χ0v) is 14.4. The van der Waals surface area contributed by atoms with E-state index in [1.807, 2.05) is 30.3 Å². The summed E-state index contributed by atoms with van der Waals surface area (Å²) in [7, 11) is 0. The smallest absolute Gasteiger partial charge is 0.198 e. The molecule has 0 unspecified atom stereocenters. The molecule has 2 rings (SSSR count). The lowest BCUT2D eigenvalue weighted by Crippen LogP contribution is -2.01. The monoisotopic (exact) mass is 333 g/mol. The average molecular weight is 334 g/mol. The summed E-state index contributed by atoms with van der Waals surface area (Å²) < 4.78 is 5.85. The Morgan fingerprint density at radius 1 is 0.913 bits per heavy atom. The average Bonchev–Trinajstić information content (AvgIpc) is 2.58. The molecule has 0 aliphatic rings. The Balaban J connectivity index is 1.87. The van der Waals surface area contributed by atoms with Gasteiger partial charge in [0.25, 0.3) is 0 Å². The number of unbranched alkanes of at least 4 members (excludes halogenated alkanes) is 6. The van der Waals surface area contributed by atoms with Crippen LogP contribution < -0.4 is 4.74 Å². The lowest BCUT2D eigenvalue weighted by molar-refractivity contribution is 0.461. The summed E-state index contributed by atoms with van der Waals surface area (Å²) in [5, 5.41) is 11.9. The van der Waals surface area contributed by atoms with E-state index in [0.717, 1.165) is 24.3 Å². The molecular weight excluding hydrogens is 310 g/mol. The molecule has 1 heterocycles. The molecule has 5 heteroatoms. The Morgan fingerprint density at radius 2 is 1.61 bits per heavy atom. The summed E-state index contributed by atoms with van der Waals surface area (Å²) in [6.45, 7) is 2.24. The molecule has 0 spiro atoms. The predicted octanol–water partition coefficient (Wildman–Crippen LogP) is 5.61. The van der Waals surface area contributed by atoms with E-state index in [9.17, 15) is 0 Å². The number of ether oxygens (including phenoxy) is 1. The van der Waals surface area contributed by atoms with Crippen molar-refractivity contribution in [3.63, 3.8) is 0 Å². The van der Waals surface area contributed by atoms with E-state index in [1.54, 1.807) is 0 Å². The fourth-order valence-corrected chi connectivity index (χ4v) is 2.63. The minimum atomic E-state index is 0.266. The number of halogens is 1.